The van der Waals surface area contributed by atoms with Crippen molar-refractivity contribution in [1.29, 1.82) is 0 Å². The number of carbonyl (C=O) groups excluding carboxylic acids is 1. The summed E-state index contributed by atoms with van der Waals surface area (Å²) in [5.74, 6) is 0.921. The number of hydrogen-bond acceptors (Lipinski definition) is 2. The summed E-state index contributed by atoms with van der Waals surface area (Å²) in [6.07, 6.45) is 5.33. The number of nitrogens with zero attached hydrogens (tertiary/aromatic N) is 1. The first kappa shape index (κ1) is 12.7. The Morgan fingerprint density at radius 2 is 2.00 bits per heavy atom. The topological polar surface area (TPSA) is 29.5 Å². The summed E-state index contributed by atoms with van der Waals surface area (Å²) in [7, 11) is 0. The van der Waals surface area contributed by atoms with Gasteiger partial charge in [-0.15, -0.1) is 0 Å². The number of fused-ring (bicyclic) bond motifs is 2. The largest absolute Gasteiger partial charge is 0.272 e. The lowest BCUT2D eigenvalue weighted by Gasteiger charge is -2.36. The summed E-state index contributed by atoms with van der Waals surface area (Å²) in [6, 6.07) is 10.3. The summed E-state index contributed by atoms with van der Waals surface area (Å²) in [4.78, 5) is 18.1. The smallest absolute Gasteiger partial charge is 0.249 e. The fourth-order valence-electron chi connectivity index (χ4n) is 3.17. The Morgan fingerprint density at radius 1 is 1.16 bits per heavy atom. The lowest BCUT2D eigenvalue weighted by atomic mass is 9.87. The third-order valence-corrected chi connectivity index (χ3v) is 4.28. The number of carbonyl (C=O) groups is 1. The number of amides is 1. The van der Waals surface area contributed by atoms with E-state index in [2.05, 4.69) is 12.1 Å². The summed E-state index contributed by atoms with van der Waals surface area (Å²) in [5.41, 5.74) is 1.25. The first-order valence-corrected chi connectivity index (χ1v) is 7.31. The van der Waals surface area contributed by atoms with Crippen molar-refractivity contribution in [2.45, 2.75) is 32.1 Å². The van der Waals surface area contributed by atoms with Gasteiger partial charge in [0.1, 0.15) is 0 Å². The van der Waals surface area contributed by atoms with E-state index in [1.165, 1.54) is 18.4 Å². The maximum absolute atomic E-state index is 12.5. The Hall–Kier alpha value is -1.35. The molecular formula is C16H21NO2. The Kier molecular flexibility index (Phi) is 3.83. The number of hydrogen-bond donors (Lipinski definition) is 0. The molecule has 19 heavy (non-hydrogen) atoms. The molecular weight excluding hydrogens is 238 g/mol. The van der Waals surface area contributed by atoms with Gasteiger partial charge in [-0.1, -0.05) is 36.8 Å². The molecule has 0 radical (unpaired) electrons. The molecule has 3 heteroatoms. The van der Waals surface area contributed by atoms with E-state index < -0.39 is 0 Å². The monoisotopic (exact) mass is 259 g/mol. The lowest BCUT2D eigenvalue weighted by molar-refractivity contribution is -0.211. The van der Waals surface area contributed by atoms with Gasteiger partial charge in [0.05, 0.1) is 13.2 Å². The van der Waals surface area contributed by atoms with Gasteiger partial charge < -0.3 is 0 Å². The van der Waals surface area contributed by atoms with E-state index in [4.69, 9.17) is 4.84 Å². The molecule has 2 atom stereocenters. The quantitative estimate of drug-likeness (QED) is 0.817. The van der Waals surface area contributed by atoms with Crippen molar-refractivity contribution in [3.05, 3.63) is 35.9 Å². The highest BCUT2D eigenvalue weighted by Crippen LogP contribution is 2.28. The molecule has 2 heterocycles. The van der Waals surface area contributed by atoms with Crippen molar-refractivity contribution in [3.8, 4) is 0 Å². The van der Waals surface area contributed by atoms with Crippen LogP contribution in [-0.2, 0) is 16.1 Å². The van der Waals surface area contributed by atoms with Crippen LogP contribution in [0.5, 0.6) is 0 Å². The van der Waals surface area contributed by atoms with Gasteiger partial charge in [0.25, 0.3) is 0 Å². The van der Waals surface area contributed by atoms with Gasteiger partial charge in [-0.25, -0.2) is 5.06 Å². The Balaban J connectivity index is 1.71. The third-order valence-electron chi connectivity index (χ3n) is 4.28. The van der Waals surface area contributed by atoms with Crippen molar-refractivity contribution >= 4 is 5.91 Å². The second-order valence-corrected chi connectivity index (χ2v) is 5.70. The molecule has 2 aliphatic rings. The summed E-state index contributed by atoms with van der Waals surface area (Å²) >= 11 is 0. The lowest BCUT2D eigenvalue weighted by Crippen LogP contribution is -2.45. The van der Waals surface area contributed by atoms with E-state index in [9.17, 15) is 4.79 Å². The van der Waals surface area contributed by atoms with Gasteiger partial charge in [0, 0.05) is 5.92 Å². The second-order valence-electron chi connectivity index (χ2n) is 5.70. The van der Waals surface area contributed by atoms with Crippen LogP contribution in [0.25, 0.3) is 0 Å². The fourth-order valence-corrected chi connectivity index (χ4v) is 3.17. The highest BCUT2D eigenvalue weighted by atomic mass is 16.7. The molecule has 0 spiro atoms. The average molecular weight is 259 g/mol. The molecule has 2 aliphatic heterocycles. The molecule has 3 rings (SSSR count). The fraction of sp³-hybridized carbons (Fsp3) is 0.562. The molecule has 1 amide bonds. The summed E-state index contributed by atoms with van der Waals surface area (Å²) in [5, 5.41) is 1.64. The van der Waals surface area contributed by atoms with Crippen molar-refractivity contribution in [1.82, 2.24) is 5.06 Å². The standard InChI is InChI=1S/C16H21NO2/c18-16-15(11-13-5-2-1-3-6-13)8-4-7-14-9-10-19-17(16)12-14/h1-3,5-6,14-15H,4,7-12H2/t14-,15+/m0/s1. The van der Waals surface area contributed by atoms with Crippen LogP contribution in [0, 0.1) is 11.8 Å². The number of rotatable bonds is 2. The normalized spacial score (nSPS) is 27.8. The minimum atomic E-state index is 0.0847. The van der Waals surface area contributed by atoms with E-state index in [1.807, 2.05) is 18.2 Å². The molecule has 1 aromatic rings. The van der Waals surface area contributed by atoms with E-state index in [0.29, 0.717) is 12.5 Å². The molecule has 2 bridgehead atoms. The molecule has 0 unspecified atom stereocenters. The van der Waals surface area contributed by atoms with Gasteiger partial charge in [0.15, 0.2) is 0 Å². The maximum Gasteiger partial charge on any atom is 0.249 e. The number of hydroxylamine groups is 2. The molecule has 0 N–H and O–H groups in total. The van der Waals surface area contributed by atoms with Crippen molar-refractivity contribution in [2.24, 2.45) is 11.8 Å². The SMILES string of the molecule is O=C1[C@@H](Cc2ccccc2)CCC[C@H]2CCON1C2. The van der Waals surface area contributed by atoms with Crippen molar-refractivity contribution in [3.63, 3.8) is 0 Å². The molecule has 102 valence electrons. The zero-order chi connectivity index (χ0) is 13.1. The molecule has 2 saturated heterocycles. The third kappa shape index (κ3) is 2.98. The highest BCUT2D eigenvalue weighted by Gasteiger charge is 2.32. The van der Waals surface area contributed by atoms with Crippen molar-refractivity contribution in [2.75, 3.05) is 13.2 Å². The van der Waals surface area contributed by atoms with Crippen LogP contribution in [0.2, 0.25) is 0 Å². The van der Waals surface area contributed by atoms with Crippen LogP contribution in [0.15, 0.2) is 30.3 Å². The van der Waals surface area contributed by atoms with Gasteiger partial charge in [-0.05, 0) is 37.2 Å². The highest BCUT2D eigenvalue weighted by molar-refractivity contribution is 5.78. The molecule has 0 saturated carbocycles. The van der Waals surface area contributed by atoms with Crippen LogP contribution in [0.4, 0.5) is 0 Å². The van der Waals surface area contributed by atoms with E-state index in [0.717, 1.165) is 25.8 Å². The van der Waals surface area contributed by atoms with E-state index >= 15 is 0 Å². The van der Waals surface area contributed by atoms with Gasteiger partial charge in [-0.3, -0.25) is 9.63 Å². The Bertz CT molecular complexity index is 432. The molecule has 0 aliphatic carbocycles. The van der Waals surface area contributed by atoms with Gasteiger partial charge >= 0.3 is 0 Å². The minimum Gasteiger partial charge on any atom is -0.272 e. The Morgan fingerprint density at radius 3 is 2.84 bits per heavy atom. The first-order valence-electron chi connectivity index (χ1n) is 7.31. The zero-order valence-electron chi connectivity index (χ0n) is 11.3. The molecule has 0 aromatic heterocycles. The first-order chi connectivity index (χ1) is 9.33. The van der Waals surface area contributed by atoms with Gasteiger partial charge in [-0.2, -0.15) is 0 Å². The van der Waals surface area contributed by atoms with Gasteiger partial charge in [0.2, 0.25) is 5.91 Å². The van der Waals surface area contributed by atoms with E-state index in [1.54, 1.807) is 5.06 Å². The molecule has 1 aromatic carbocycles. The Labute approximate surface area is 114 Å². The maximum atomic E-state index is 12.5. The molecule has 3 nitrogen and oxygen atoms in total. The van der Waals surface area contributed by atoms with Crippen molar-refractivity contribution < 1.29 is 9.63 Å². The van der Waals surface area contributed by atoms with Crippen LogP contribution < -0.4 is 0 Å². The minimum absolute atomic E-state index is 0.0847. The molecule has 2 fully saturated rings. The zero-order valence-corrected chi connectivity index (χ0v) is 11.3. The van der Waals surface area contributed by atoms with Crippen LogP contribution in [0.1, 0.15) is 31.2 Å². The predicted molar refractivity (Wildman–Crippen MR) is 73.3 cm³/mol. The average Bonchev–Trinajstić information content (AvgIpc) is 2.46. The van der Waals surface area contributed by atoms with Crippen LogP contribution in [0.3, 0.4) is 0 Å². The summed E-state index contributed by atoms with van der Waals surface area (Å²) < 4.78 is 0. The van der Waals surface area contributed by atoms with E-state index in [-0.39, 0.29) is 11.8 Å². The summed E-state index contributed by atoms with van der Waals surface area (Å²) in [6.45, 7) is 1.50. The number of benzene rings is 1. The predicted octanol–water partition coefficient (Wildman–Crippen LogP) is 2.81. The van der Waals surface area contributed by atoms with Crippen LogP contribution in [-0.4, -0.2) is 24.1 Å². The van der Waals surface area contributed by atoms with Crippen LogP contribution >= 0.6 is 0 Å². The second kappa shape index (κ2) is 5.74.